The van der Waals surface area contributed by atoms with Crippen LogP contribution in [-0.4, -0.2) is 21.8 Å². The number of rotatable bonds is 7. The van der Waals surface area contributed by atoms with Crippen LogP contribution in [0.15, 0.2) is 46.3 Å². The van der Waals surface area contributed by atoms with Crippen LogP contribution in [0.1, 0.15) is 36.0 Å². The number of amides is 1. The average molecular weight is 355 g/mol. The summed E-state index contributed by atoms with van der Waals surface area (Å²) in [6, 6.07) is 10.7. The van der Waals surface area contributed by atoms with Gasteiger partial charge >= 0.3 is 0 Å². The van der Waals surface area contributed by atoms with Gasteiger partial charge in [0, 0.05) is 24.1 Å². The first-order chi connectivity index (χ1) is 12.1. The van der Waals surface area contributed by atoms with Gasteiger partial charge in [-0.2, -0.15) is 4.98 Å². The quantitative estimate of drug-likeness (QED) is 0.648. The lowest BCUT2D eigenvalue weighted by Crippen LogP contribution is -2.11. The standard InChI is InChI=1S/C18H17N3O3S/c1-12(22)13-7-9-14(10-8-13)19-16(23)5-2-6-17-20-18(21-24-17)15-4-3-11-25-15/h3-4,7-11H,2,5-6H2,1H3,(H,19,23). The Balaban J connectivity index is 1.45. The van der Waals surface area contributed by atoms with Crippen molar-refractivity contribution in [2.24, 2.45) is 0 Å². The number of nitrogens with zero attached hydrogens (tertiary/aromatic N) is 2. The van der Waals surface area contributed by atoms with Crippen LogP contribution in [0.4, 0.5) is 5.69 Å². The lowest BCUT2D eigenvalue weighted by atomic mass is 10.1. The van der Waals surface area contributed by atoms with Gasteiger partial charge in [-0.25, -0.2) is 0 Å². The van der Waals surface area contributed by atoms with Crippen LogP contribution in [0.2, 0.25) is 0 Å². The number of carbonyl (C=O) groups excluding carboxylic acids is 2. The Hall–Kier alpha value is -2.80. The van der Waals surface area contributed by atoms with Gasteiger partial charge in [-0.05, 0) is 49.1 Å². The third-order valence-corrected chi connectivity index (χ3v) is 4.45. The van der Waals surface area contributed by atoms with Gasteiger partial charge in [-0.1, -0.05) is 11.2 Å². The van der Waals surface area contributed by atoms with Crippen molar-refractivity contribution in [1.29, 1.82) is 0 Å². The number of aryl methyl sites for hydroxylation is 1. The first kappa shape index (κ1) is 17.0. The summed E-state index contributed by atoms with van der Waals surface area (Å²) >= 11 is 1.55. The van der Waals surface area contributed by atoms with Gasteiger partial charge in [0.15, 0.2) is 5.78 Å². The second-order valence-corrected chi connectivity index (χ2v) is 6.47. The highest BCUT2D eigenvalue weighted by Crippen LogP contribution is 2.21. The summed E-state index contributed by atoms with van der Waals surface area (Å²) in [5, 5.41) is 8.71. The van der Waals surface area contributed by atoms with Gasteiger partial charge in [-0.3, -0.25) is 9.59 Å². The van der Waals surface area contributed by atoms with Crippen molar-refractivity contribution in [3.8, 4) is 10.7 Å². The summed E-state index contributed by atoms with van der Waals surface area (Å²) < 4.78 is 5.21. The number of Topliss-reactive ketones (excluding diaryl/α,β-unsaturated/α-hetero) is 1. The third kappa shape index (κ3) is 4.60. The monoisotopic (exact) mass is 355 g/mol. The molecule has 25 heavy (non-hydrogen) atoms. The van der Waals surface area contributed by atoms with E-state index in [0.29, 0.717) is 42.2 Å². The predicted octanol–water partition coefficient (Wildman–Crippen LogP) is 3.96. The number of nitrogens with one attached hydrogen (secondary N) is 1. The fourth-order valence-corrected chi connectivity index (χ4v) is 2.92. The van der Waals surface area contributed by atoms with E-state index in [0.717, 1.165) is 4.88 Å². The minimum absolute atomic E-state index is 0.000600. The maximum atomic E-state index is 12.0. The van der Waals surface area contributed by atoms with Gasteiger partial charge in [0.05, 0.1) is 4.88 Å². The number of carbonyl (C=O) groups is 2. The van der Waals surface area contributed by atoms with E-state index in [1.165, 1.54) is 6.92 Å². The predicted molar refractivity (Wildman–Crippen MR) is 95.6 cm³/mol. The van der Waals surface area contributed by atoms with Crippen LogP contribution >= 0.6 is 11.3 Å². The number of ketones is 1. The van der Waals surface area contributed by atoms with E-state index in [9.17, 15) is 9.59 Å². The molecular formula is C18H17N3O3S. The average Bonchev–Trinajstić information content (AvgIpc) is 3.26. The molecule has 0 aliphatic carbocycles. The van der Waals surface area contributed by atoms with Crippen LogP contribution in [0, 0.1) is 0 Å². The molecule has 1 N–H and O–H groups in total. The molecule has 0 fully saturated rings. The minimum atomic E-state index is -0.0893. The molecule has 6 nitrogen and oxygen atoms in total. The molecule has 2 heterocycles. The van der Waals surface area contributed by atoms with Gasteiger partial charge in [0.1, 0.15) is 0 Å². The van der Waals surface area contributed by atoms with E-state index in [-0.39, 0.29) is 11.7 Å². The molecule has 0 atom stereocenters. The van der Waals surface area contributed by atoms with E-state index in [1.807, 2.05) is 17.5 Å². The number of thiophene rings is 1. The van der Waals surface area contributed by atoms with Crippen LogP contribution < -0.4 is 5.32 Å². The van der Waals surface area contributed by atoms with Crippen molar-refractivity contribution in [3.63, 3.8) is 0 Å². The molecule has 3 rings (SSSR count). The van der Waals surface area contributed by atoms with Crippen molar-refractivity contribution < 1.29 is 14.1 Å². The second kappa shape index (κ2) is 7.85. The summed E-state index contributed by atoms with van der Waals surface area (Å²) in [5.41, 5.74) is 1.30. The zero-order chi connectivity index (χ0) is 17.6. The molecule has 3 aromatic rings. The second-order valence-electron chi connectivity index (χ2n) is 5.52. The zero-order valence-electron chi connectivity index (χ0n) is 13.7. The van der Waals surface area contributed by atoms with E-state index < -0.39 is 0 Å². The van der Waals surface area contributed by atoms with Crippen LogP contribution in [0.25, 0.3) is 10.7 Å². The molecule has 0 radical (unpaired) electrons. The largest absolute Gasteiger partial charge is 0.339 e. The summed E-state index contributed by atoms with van der Waals surface area (Å²) in [4.78, 5) is 28.5. The van der Waals surface area contributed by atoms with Crippen LogP contribution in [0.5, 0.6) is 0 Å². The van der Waals surface area contributed by atoms with E-state index in [4.69, 9.17) is 4.52 Å². The Morgan fingerprint density at radius 1 is 1.20 bits per heavy atom. The number of hydrogen-bond acceptors (Lipinski definition) is 6. The SMILES string of the molecule is CC(=O)c1ccc(NC(=O)CCCc2nc(-c3cccs3)no2)cc1. The molecule has 2 aromatic heterocycles. The summed E-state index contributed by atoms with van der Waals surface area (Å²) in [5.74, 6) is 1.02. The van der Waals surface area contributed by atoms with Gasteiger partial charge in [0.25, 0.3) is 0 Å². The van der Waals surface area contributed by atoms with Crippen LogP contribution in [-0.2, 0) is 11.2 Å². The number of aromatic nitrogens is 2. The molecule has 7 heteroatoms. The smallest absolute Gasteiger partial charge is 0.226 e. The Kier molecular flexibility index (Phi) is 5.35. The van der Waals surface area contributed by atoms with Crippen molar-refractivity contribution >= 4 is 28.7 Å². The fraction of sp³-hybridized carbons (Fsp3) is 0.222. The molecular weight excluding hydrogens is 338 g/mol. The fourth-order valence-electron chi connectivity index (χ4n) is 2.27. The van der Waals surface area contributed by atoms with Crippen molar-refractivity contribution in [2.75, 3.05) is 5.32 Å². The number of anilines is 1. The Morgan fingerprint density at radius 2 is 2.00 bits per heavy atom. The highest BCUT2D eigenvalue weighted by atomic mass is 32.1. The maximum Gasteiger partial charge on any atom is 0.226 e. The molecule has 0 saturated carbocycles. The molecule has 0 unspecified atom stereocenters. The highest BCUT2D eigenvalue weighted by Gasteiger charge is 2.10. The lowest BCUT2D eigenvalue weighted by Gasteiger charge is -2.05. The van der Waals surface area contributed by atoms with E-state index in [1.54, 1.807) is 35.6 Å². The number of hydrogen-bond donors (Lipinski definition) is 1. The van der Waals surface area contributed by atoms with Gasteiger partial charge in [0.2, 0.25) is 17.6 Å². The molecule has 0 saturated heterocycles. The third-order valence-electron chi connectivity index (χ3n) is 3.58. The molecule has 0 bridgehead atoms. The zero-order valence-corrected chi connectivity index (χ0v) is 14.5. The topological polar surface area (TPSA) is 85.1 Å². The number of benzene rings is 1. The Labute approximate surface area is 148 Å². The summed E-state index contributed by atoms with van der Waals surface area (Å²) in [7, 11) is 0. The minimum Gasteiger partial charge on any atom is -0.339 e. The summed E-state index contributed by atoms with van der Waals surface area (Å²) in [6.07, 6.45) is 1.52. The first-order valence-electron chi connectivity index (χ1n) is 7.89. The maximum absolute atomic E-state index is 12.0. The Bertz CT molecular complexity index is 854. The molecule has 1 aromatic carbocycles. The molecule has 1 amide bonds. The molecule has 0 spiro atoms. The van der Waals surface area contributed by atoms with E-state index in [2.05, 4.69) is 15.5 Å². The molecule has 128 valence electrons. The van der Waals surface area contributed by atoms with Gasteiger partial charge in [-0.15, -0.1) is 11.3 Å². The molecule has 0 aliphatic heterocycles. The Morgan fingerprint density at radius 3 is 2.68 bits per heavy atom. The van der Waals surface area contributed by atoms with Gasteiger partial charge < -0.3 is 9.84 Å². The highest BCUT2D eigenvalue weighted by molar-refractivity contribution is 7.13. The van der Waals surface area contributed by atoms with Crippen molar-refractivity contribution in [3.05, 3.63) is 53.2 Å². The van der Waals surface area contributed by atoms with E-state index >= 15 is 0 Å². The van der Waals surface area contributed by atoms with Crippen molar-refractivity contribution in [1.82, 2.24) is 10.1 Å². The first-order valence-corrected chi connectivity index (χ1v) is 8.77. The normalized spacial score (nSPS) is 10.6. The molecule has 0 aliphatic rings. The van der Waals surface area contributed by atoms with Crippen LogP contribution in [0.3, 0.4) is 0 Å². The van der Waals surface area contributed by atoms with Crippen molar-refractivity contribution in [2.45, 2.75) is 26.2 Å². The lowest BCUT2D eigenvalue weighted by molar-refractivity contribution is -0.116. The summed E-state index contributed by atoms with van der Waals surface area (Å²) in [6.45, 7) is 1.51.